The fourth-order valence-electron chi connectivity index (χ4n) is 2.31. The summed E-state index contributed by atoms with van der Waals surface area (Å²) in [4.78, 5) is 34.2. The van der Waals surface area contributed by atoms with Crippen molar-refractivity contribution in [1.82, 2.24) is 4.90 Å². The molecule has 0 bridgehead atoms. The SMILES string of the molecule is O=C1CC(P(=O)(O)CN2CCCCCC2=O)CO1. The maximum atomic E-state index is 12.2. The predicted octanol–water partition coefficient (Wildman–Crippen LogP) is 0.932. The topological polar surface area (TPSA) is 83.9 Å². The van der Waals surface area contributed by atoms with E-state index in [0.717, 1.165) is 19.3 Å². The van der Waals surface area contributed by atoms with Gasteiger partial charge in [0.2, 0.25) is 13.3 Å². The van der Waals surface area contributed by atoms with Gasteiger partial charge < -0.3 is 14.5 Å². The Hall–Kier alpha value is -0.870. The average Bonchev–Trinajstić information content (AvgIpc) is 2.65. The van der Waals surface area contributed by atoms with Crippen molar-refractivity contribution in [2.45, 2.75) is 37.8 Å². The van der Waals surface area contributed by atoms with Crippen LogP contribution < -0.4 is 0 Å². The fraction of sp³-hybridized carbons (Fsp3) is 0.818. The molecule has 0 aromatic heterocycles. The van der Waals surface area contributed by atoms with E-state index < -0.39 is 19.0 Å². The van der Waals surface area contributed by atoms with Crippen molar-refractivity contribution in [2.24, 2.45) is 0 Å². The predicted molar refractivity (Wildman–Crippen MR) is 64.2 cm³/mol. The van der Waals surface area contributed by atoms with Crippen LogP contribution in [0.25, 0.3) is 0 Å². The molecule has 0 radical (unpaired) electrons. The van der Waals surface area contributed by atoms with Crippen LogP contribution in [0, 0.1) is 0 Å². The third-order valence-corrected chi connectivity index (χ3v) is 5.67. The molecule has 1 amide bonds. The van der Waals surface area contributed by atoms with Crippen LogP contribution in [0.5, 0.6) is 0 Å². The first-order chi connectivity index (χ1) is 8.49. The highest BCUT2D eigenvalue weighted by atomic mass is 31.2. The van der Waals surface area contributed by atoms with Gasteiger partial charge in [0.05, 0.1) is 18.4 Å². The minimum atomic E-state index is -3.54. The zero-order chi connectivity index (χ0) is 13.2. The van der Waals surface area contributed by atoms with Crippen LogP contribution in [0.3, 0.4) is 0 Å². The standard InChI is InChI=1S/C11H18NO5P/c13-10-4-2-1-3-5-12(10)8-18(15,16)9-6-11(14)17-7-9/h9H,1-8H2,(H,15,16). The second kappa shape index (κ2) is 5.41. The number of carbonyl (C=O) groups is 2. The minimum absolute atomic E-state index is 0.00532. The Morgan fingerprint density at radius 2 is 2.11 bits per heavy atom. The van der Waals surface area contributed by atoms with Crippen LogP contribution >= 0.6 is 7.37 Å². The number of nitrogens with zero attached hydrogens (tertiary/aromatic N) is 1. The maximum absolute atomic E-state index is 12.2. The van der Waals surface area contributed by atoms with Gasteiger partial charge in [-0.25, -0.2) is 0 Å². The third kappa shape index (κ3) is 3.12. The molecule has 2 atom stereocenters. The molecule has 2 heterocycles. The first kappa shape index (κ1) is 13.6. The average molecular weight is 275 g/mol. The molecule has 1 N–H and O–H groups in total. The Morgan fingerprint density at radius 1 is 1.33 bits per heavy atom. The zero-order valence-electron chi connectivity index (χ0n) is 10.2. The molecule has 7 heteroatoms. The minimum Gasteiger partial charge on any atom is -0.465 e. The first-order valence-electron chi connectivity index (χ1n) is 6.24. The molecule has 0 aromatic rings. The van der Waals surface area contributed by atoms with Crippen molar-refractivity contribution in [1.29, 1.82) is 0 Å². The lowest BCUT2D eigenvalue weighted by atomic mass is 10.2. The van der Waals surface area contributed by atoms with Gasteiger partial charge >= 0.3 is 5.97 Å². The molecule has 0 aliphatic carbocycles. The summed E-state index contributed by atoms with van der Waals surface area (Å²) in [6, 6.07) is 0. The second-order valence-corrected chi connectivity index (χ2v) is 7.43. The highest BCUT2D eigenvalue weighted by molar-refractivity contribution is 7.58. The summed E-state index contributed by atoms with van der Waals surface area (Å²) < 4.78 is 16.9. The lowest BCUT2D eigenvalue weighted by molar-refractivity contribution is -0.138. The smallest absolute Gasteiger partial charge is 0.306 e. The highest BCUT2D eigenvalue weighted by Gasteiger charge is 2.40. The largest absolute Gasteiger partial charge is 0.465 e. The van der Waals surface area contributed by atoms with Gasteiger partial charge in [-0.2, -0.15) is 0 Å². The number of hydrogen-bond acceptors (Lipinski definition) is 4. The number of amides is 1. The molecule has 2 aliphatic rings. The van der Waals surface area contributed by atoms with E-state index in [1.165, 1.54) is 4.90 Å². The van der Waals surface area contributed by atoms with Gasteiger partial charge in [0.1, 0.15) is 6.61 Å². The summed E-state index contributed by atoms with van der Waals surface area (Å²) in [6.45, 7) is 0.527. The van der Waals surface area contributed by atoms with Gasteiger partial charge in [0.25, 0.3) is 0 Å². The van der Waals surface area contributed by atoms with Gasteiger partial charge in [-0.1, -0.05) is 6.42 Å². The Bertz CT molecular complexity index is 397. The van der Waals surface area contributed by atoms with Crippen LogP contribution in [0.2, 0.25) is 0 Å². The summed E-state index contributed by atoms with van der Waals surface area (Å²) >= 11 is 0. The van der Waals surface area contributed by atoms with Crippen LogP contribution in [-0.4, -0.2) is 46.8 Å². The van der Waals surface area contributed by atoms with Crippen molar-refractivity contribution in [2.75, 3.05) is 19.4 Å². The Kier molecular flexibility index (Phi) is 4.07. The third-order valence-electron chi connectivity index (χ3n) is 3.45. The summed E-state index contributed by atoms with van der Waals surface area (Å²) in [6.07, 6.45) is 2.97. The number of rotatable bonds is 3. The summed E-state index contributed by atoms with van der Waals surface area (Å²) in [7, 11) is -3.54. The monoisotopic (exact) mass is 275 g/mol. The lowest BCUT2D eigenvalue weighted by Crippen LogP contribution is -2.33. The van der Waals surface area contributed by atoms with Gasteiger partial charge in [-0.05, 0) is 12.8 Å². The van der Waals surface area contributed by atoms with E-state index in [2.05, 4.69) is 0 Å². The first-order valence-corrected chi connectivity index (χ1v) is 8.15. The molecule has 6 nitrogen and oxygen atoms in total. The van der Waals surface area contributed by atoms with E-state index in [1.54, 1.807) is 0 Å². The molecule has 18 heavy (non-hydrogen) atoms. The molecular weight excluding hydrogens is 257 g/mol. The normalized spacial score (nSPS) is 28.7. The maximum Gasteiger partial charge on any atom is 0.306 e. The van der Waals surface area contributed by atoms with E-state index in [1.807, 2.05) is 0 Å². The van der Waals surface area contributed by atoms with Crippen LogP contribution in [0.4, 0.5) is 0 Å². The number of carbonyl (C=O) groups excluding carboxylic acids is 2. The number of ether oxygens (including phenoxy) is 1. The Morgan fingerprint density at radius 3 is 2.78 bits per heavy atom. The number of cyclic esters (lactones) is 1. The number of likely N-dealkylation sites (tertiary alicyclic amines) is 1. The van der Waals surface area contributed by atoms with E-state index in [0.29, 0.717) is 13.0 Å². The van der Waals surface area contributed by atoms with Crippen LogP contribution in [0.1, 0.15) is 32.1 Å². The number of hydrogen-bond donors (Lipinski definition) is 1. The molecule has 2 aliphatic heterocycles. The van der Waals surface area contributed by atoms with Gasteiger partial charge in [0, 0.05) is 13.0 Å². The lowest BCUT2D eigenvalue weighted by Gasteiger charge is -2.25. The highest BCUT2D eigenvalue weighted by Crippen LogP contribution is 2.50. The second-order valence-electron chi connectivity index (χ2n) is 4.91. The molecule has 2 unspecified atom stereocenters. The molecule has 0 aromatic carbocycles. The van der Waals surface area contributed by atoms with Gasteiger partial charge in [0.15, 0.2) is 0 Å². The zero-order valence-corrected chi connectivity index (χ0v) is 11.1. The quantitative estimate of drug-likeness (QED) is 0.612. The van der Waals surface area contributed by atoms with E-state index >= 15 is 0 Å². The van der Waals surface area contributed by atoms with Crippen LogP contribution in [0.15, 0.2) is 0 Å². The number of esters is 1. The van der Waals surface area contributed by atoms with Crippen molar-refractivity contribution in [3.8, 4) is 0 Å². The van der Waals surface area contributed by atoms with Gasteiger partial charge in [-0.3, -0.25) is 14.2 Å². The van der Waals surface area contributed by atoms with E-state index in [9.17, 15) is 19.0 Å². The Labute approximate surface area is 106 Å². The molecule has 2 fully saturated rings. The van der Waals surface area contributed by atoms with Crippen molar-refractivity contribution < 1.29 is 23.8 Å². The van der Waals surface area contributed by atoms with Crippen molar-refractivity contribution in [3.63, 3.8) is 0 Å². The van der Waals surface area contributed by atoms with E-state index in [4.69, 9.17) is 4.74 Å². The Balaban J connectivity index is 2.00. The molecule has 2 rings (SSSR count). The van der Waals surface area contributed by atoms with E-state index in [-0.39, 0.29) is 25.2 Å². The summed E-state index contributed by atoms with van der Waals surface area (Å²) in [5.41, 5.74) is -0.652. The molecule has 102 valence electrons. The van der Waals surface area contributed by atoms with Crippen molar-refractivity contribution in [3.05, 3.63) is 0 Å². The van der Waals surface area contributed by atoms with Crippen molar-refractivity contribution >= 4 is 19.2 Å². The summed E-state index contributed by atoms with van der Waals surface area (Å²) in [5, 5.41) is 0. The van der Waals surface area contributed by atoms with Gasteiger partial charge in [-0.15, -0.1) is 0 Å². The van der Waals surface area contributed by atoms with Crippen LogP contribution in [-0.2, 0) is 18.9 Å². The molecule has 0 saturated carbocycles. The molecule has 0 spiro atoms. The molecular formula is C11H18NO5P. The molecule has 2 saturated heterocycles. The fourth-order valence-corrected chi connectivity index (χ4v) is 4.07. The summed E-state index contributed by atoms with van der Waals surface area (Å²) in [5.74, 6) is -0.497.